The number of carbonyl (C=O) groups is 1. The molecule has 1 heterocycles. The molecule has 1 saturated carbocycles. The Hall–Kier alpha value is -0.680. The number of rotatable bonds is 5. The summed E-state index contributed by atoms with van der Waals surface area (Å²) in [5, 5.41) is 0. The summed E-state index contributed by atoms with van der Waals surface area (Å²) in [6, 6.07) is 0. The highest BCUT2D eigenvalue weighted by Gasteiger charge is 2.37. The smallest absolute Gasteiger partial charge is 0.236 e. The molecule has 2 rings (SSSR count). The van der Waals surface area contributed by atoms with Gasteiger partial charge in [-0.25, -0.2) is 0 Å². The number of likely N-dealkylation sites (tertiary alicyclic amines) is 1. The van der Waals surface area contributed by atoms with Crippen molar-refractivity contribution in [3.8, 4) is 0 Å². The van der Waals surface area contributed by atoms with Gasteiger partial charge in [-0.3, -0.25) is 9.69 Å². The topological polar surface area (TPSA) is 49.6 Å². The molecule has 4 nitrogen and oxygen atoms in total. The summed E-state index contributed by atoms with van der Waals surface area (Å²) in [5.41, 5.74) is 6.10. The molecule has 1 amide bonds. The van der Waals surface area contributed by atoms with Gasteiger partial charge in [0.2, 0.25) is 5.91 Å². The highest BCUT2D eigenvalue weighted by molar-refractivity contribution is 7.80. The van der Waals surface area contributed by atoms with Crippen LogP contribution in [0.5, 0.6) is 0 Å². The largest absolute Gasteiger partial charge is 0.393 e. The Morgan fingerprint density at radius 1 is 1.25 bits per heavy atom. The van der Waals surface area contributed by atoms with Gasteiger partial charge in [-0.1, -0.05) is 25.1 Å². The summed E-state index contributed by atoms with van der Waals surface area (Å²) in [6.45, 7) is 3.33. The Kier molecular flexibility index (Phi) is 5.38. The van der Waals surface area contributed by atoms with Gasteiger partial charge in [-0.2, -0.15) is 0 Å². The van der Waals surface area contributed by atoms with E-state index in [1.807, 2.05) is 7.05 Å². The van der Waals surface area contributed by atoms with Gasteiger partial charge < -0.3 is 10.6 Å². The van der Waals surface area contributed by atoms with Gasteiger partial charge in [0, 0.05) is 20.0 Å². The second-order valence-electron chi connectivity index (χ2n) is 6.51. The average Bonchev–Trinajstić information content (AvgIpc) is 2.87. The molecule has 2 fully saturated rings. The molecule has 0 aromatic carbocycles. The molecule has 0 radical (unpaired) electrons. The molecule has 20 heavy (non-hydrogen) atoms. The first kappa shape index (κ1) is 15.7. The van der Waals surface area contributed by atoms with Crippen molar-refractivity contribution < 1.29 is 4.79 Å². The van der Waals surface area contributed by atoms with E-state index in [1.54, 1.807) is 4.90 Å². The van der Waals surface area contributed by atoms with Crippen molar-refractivity contribution in [1.29, 1.82) is 0 Å². The zero-order chi connectivity index (χ0) is 14.6. The van der Waals surface area contributed by atoms with Crippen LogP contribution >= 0.6 is 12.2 Å². The third-order valence-electron chi connectivity index (χ3n) is 5.06. The van der Waals surface area contributed by atoms with E-state index in [4.69, 9.17) is 18.0 Å². The monoisotopic (exact) mass is 297 g/mol. The fourth-order valence-corrected chi connectivity index (χ4v) is 3.62. The lowest BCUT2D eigenvalue weighted by Gasteiger charge is -2.39. The minimum absolute atomic E-state index is 0.184. The summed E-state index contributed by atoms with van der Waals surface area (Å²) < 4.78 is 0. The lowest BCUT2D eigenvalue weighted by Crippen LogP contribution is -2.45. The van der Waals surface area contributed by atoms with Gasteiger partial charge >= 0.3 is 0 Å². The third-order valence-corrected chi connectivity index (χ3v) is 5.26. The predicted molar refractivity (Wildman–Crippen MR) is 85.6 cm³/mol. The van der Waals surface area contributed by atoms with Crippen LogP contribution in [0.25, 0.3) is 0 Å². The molecular formula is C15H27N3OS. The molecule has 0 bridgehead atoms. The van der Waals surface area contributed by atoms with Gasteiger partial charge in [0.1, 0.15) is 0 Å². The first-order chi connectivity index (χ1) is 9.51. The van der Waals surface area contributed by atoms with Gasteiger partial charge in [0.05, 0.1) is 11.5 Å². The van der Waals surface area contributed by atoms with Crippen molar-refractivity contribution in [2.45, 2.75) is 44.9 Å². The van der Waals surface area contributed by atoms with E-state index in [0.29, 0.717) is 29.9 Å². The quantitative estimate of drug-likeness (QED) is 0.786. The van der Waals surface area contributed by atoms with Gasteiger partial charge in [0.15, 0.2) is 0 Å². The highest BCUT2D eigenvalue weighted by Crippen LogP contribution is 2.45. The molecule has 0 atom stereocenters. The Morgan fingerprint density at radius 2 is 1.85 bits per heavy atom. The van der Waals surface area contributed by atoms with Crippen molar-refractivity contribution in [2.75, 3.05) is 33.2 Å². The van der Waals surface area contributed by atoms with E-state index < -0.39 is 0 Å². The molecule has 1 aliphatic carbocycles. The SMILES string of the molecule is CN(CCC(N)=S)C(=O)CN1CCC2(CCCC2)CC1. The van der Waals surface area contributed by atoms with E-state index in [9.17, 15) is 4.79 Å². The van der Waals surface area contributed by atoms with Crippen LogP contribution in [-0.2, 0) is 4.79 Å². The Labute approximate surface area is 127 Å². The molecule has 2 aliphatic rings. The second-order valence-corrected chi connectivity index (χ2v) is 7.04. The maximum atomic E-state index is 12.1. The Bertz CT molecular complexity index is 356. The van der Waals surface area contributed by atoms with Crippen LogP contribution in [0.3, 0.4) is 0 Å². The highest BCUT2D eigenvalue weighted by atomic mass is 32.1. The first-order valence-corrected chi connectivity index (χ1v) is 8.16. The van der Waals surface area contributed by atoms with Crippen LogP contribution in [0.4, 0.5) is 0 Å². The predicted octanol–water partition coefficient (Wildman–Crippen LogP) is 1.78. The van der Waals surface area contributed by atoms with Crippen molar-refractivity contribution in [3.63, 3.8) is 0 Å². The van der Waals surface area contributed by atoms with E-state index in [2.05, 4.69) is 4.90 Å². The first-order valence-electron chi connectivity index (χ1n) is 7.75. The van der Waals surface area contributed by atoms with Crippen molar-refractivity contribution in [1.82, 2.24) is 9.80 Å². The molecule has 1 saturated heterocycles. The van der Waals surface area contributed by atoms with Crippen LogP contribution < -0.4 is 5.73 Å². The molecule has 1 aliphatic heterocycles. The van der Waals surface area contributed by atoms with Gasteiger partial charge in [-0.15, -0.1) is 0 Å². The molecular weight excluding hydrogens is 270 g/mol. The molecule has 5 heteroatoms. The van der Waals surface area contributed by atoms with Crippen LogP contribution in [-0.4, -0.2) is 53.9 Å². The average molecular weight is 297 g/mol. The zero-order valence-corrected chi connectivity index (χ0v) is 13.4. The maximum Gasteiger partial charge on any atom is 0.236 e. The molecule has 0 aromatic rings. The van der Waals surface area contributed by atoms with Crippen molar-refractivity contribution in [2.24, 2.45) is 11.1 Å². The number of nitrogens with two attached hydrogens (primary N) is 1. The molecule has 1 spiro atoms. The number of carbonyl (C=O) groups excluding carboxylic acids is 1. The van der Waals surface area contributed by atoms with Crippen LogP contribution in [0.2, 0.25) is 0 Å². The number of nitrogens with zero attached hydrogens (tertiary/aromatic N) is 2. The van der Waals surface area contributed by atoms with E-state index in [0.717, 1.165) is 13.1 Å². The lowest BCUT2D eigenvalue weighted by atomic mass is 9.77. The lowest BCUT2D eigenvalue weighted by molar-refractivity contribution is -0.131. The van der Waals surface area contributed by atoms with Crippen LogP contribution in [0.1, 0.15) is 44.9 Å². The number of likely N-dealkylation sites (N-methyl/N-ethyl adjacent to an activating group) is 1. The van der Waals surface area contributed by atoms with Crippen molar-refractivity contribution in [3.05, 3.63) is 0 Å². The molecule has 0 unspecified atom stereocenters. The number of hydrogen-bond donors (Lipinski definition) is 1. The summed E-state index contributed by atoms with van der Waals surface area (Å²) >= 11 is 4.85. The summed E-state index contributed by atoms with van der Waals surface area (Å²) in [7, 11) is 1.84. The minimum atomic E-state index is 0.184. The molecule has 2 N–H and O–H groups in total. The van der Waals surface area contributed by atoms with Crippen molar-refractivity contribution >= 4 is 23.1 Å². The molecule has 114 valence electrons. The van der Waals surface area contributed by atoms with Crippen LogP contribution in [0, 0.1) is 5.41 Å². The number of hydrogen-bond acceptors (Lipinski definition) is 3. The standard InChI is InChI=1S/C15H27N3OS/c1-17(9-4-13(16)20)14(19)12-18-10-7-15(8-11-18)5-2-3-6-15/h2-12H2,1H3,(H2,16,20). The third kappa shape index (κ3) is 4.16. The van der Waals surface area contributed by atoms with Gasteiger partial charge in [0.25, 0.3) is 0 Å². The summed E-state index contributed by atoms with van der Waals surface area (Å²) in [5.74, 6) is 0.184. The summed E-state index contributed by atoms with van der Waals surface area (Å²) in [6.07, 6.45) is 8.78. The Morgan fingerprint density at radius 3 is 2.40 bits per heavy atom. The fraction of sp³-hybridized carbons (Fsp3) is 0.867. The maximum absolute atomic E-state index is 12.1. The number of thiocarbonyl (C=S) groups is 1. The van der Waals surface area contributed by atoms with Crippen LogP contribution in [0.15, 0.2) is 0 Å². The second kappa shape index (κ2) is 6.85. The number of amides is 1. The van der Waals surface area contributed by atoms with E-state index in [-0.39, 0.29) is 5.91 Å². The normalized spacial score (nSPS) is 22.1. The summed E-state index contributed by atoms with van der Waals surface area (Å²) in [4.78, 5) is 16.7. The van der Waals surface area contributed by atoms with E-state index >= 15 is 0 Å². The zero-order valence-electron chi connectivity index (χ0n) is 12.6. The van der Waals surface area contributed by atoms with E-state index in [1.165, 1.54) is 38.5 Å². The van der Waals surface area contributed by atoms with Gasteiger partial charge in [-0.05, 0) is 44.2 Å². The molecule has 0 aromatic heterocycles. The fourth-order valence-electron chi connectivity index (χ4n) is 3.53. The minimum Gasteiger partial charge on any atom is -0.393 e. The number of piperidine rings is 1. The Balaban J connectivity index is 1.71.